The summed E-state index contributed by atoms with van der Waals surface area (Å²) in [4.78, 5) is 11.4. The molecule has 0 aromatic heterocycles. The monoisotopic (exact) mass is 207 g/mol. The van der Waals surface area contributed by atoms with Crippen LogP contribution in [-0.2, 0) is 17.8 Å². The minimum atomic E-state index is -0.0134. The first kappa shape index (κ1) is 11.7. The number of rotatable bonds is 4. The second-order valence-electron chi connectivity index (χ2n) is 3.63. The van der Waals surface area contributed by atoms with Crippen LogP contribution >= 0.6 is 0 Å². The smallest absolute Gasteiger partial charge is 0.238 e. The third kappa shape index (κ3) is 4.10. The van der Waals surface area contributed by atoms with Gasteiger partial charge in [0, 0.05) is 20.6 Å². The van der Waals surface area contributed by atoms with Crippen LogP contribution in [0, 0.1) is 0 Å². The summed E-state index contributed by atoms with van der Waals surface area (Å²) in [7, 11) is 3.57. The average molecular weight is 207 g/mol. The Morgan fingerprint density at radius 1 is 1.27 bits per heavy atom. The second-order valence-corrected chi connectivity index (χ2v) is 3.63. The molecule has 4 nitrogen and oxygen atoms in total. The lowest BCUT2D eigenvalue weighted by Crippen LogP contribution is -2.37. The Bertz CT molecular complexity index is 319. The van der Waals surface area contributed by atoms with E-state index in [4.69, 9.17) is 5.73 Å². The topological polar surface area (TPSA) is 58.4 Å². The normalized spacial score (nSPS) is 10.4. The first-order valence-corrected chi connectivity index (χ1v) is 4.86. The fourth-order valence-electron chi connectivity index (χ4n) is 1.27. The third-order valence-corrected chi connectivity index (χ3v) is 1.97. The summed E-state index contributed by atoms with van der Waals surface area (Å²) in [5.41, 5.74) is 10.2. The highest BCUT2D eigenvalue weighted by molar-refractivity contribution is 5.77. The molecule has 0 heterocycles. The lowest BCUT2D eigenvalue weighted by Gasteiger charge is -2.11. The van der Waals surface area contributed by atoms with E-state index in [0.717, 1.165) is 11.1 Å². The van der Waals surface area contributed by atoms with Crippen molar-refractivity contribution in [1.82, 2.24) is 10.4 Å². The summed E-state index contributed by atoms with van der Waals surface area (Å²) < 4.78 is 0. The van der Waals surface area contributed by atoms with Crippen molar-refractivity contribution in [1.29, 1.82) is 0 Å². The zero-order chi connectivity index (χ0) is 11.3. The van der Waals surface area contributed by atoms with Crippen LogP contribution in [0.1, 0.15) is 11.1 Å². The molecule has 1 aromatic carbocycles. The maximum Gasteiger partial charge on any atom is 0.238 e. The van der Waals surface area contributed by atoms with Gasteiger partial charge in [0.15, 0.2) is 0 Å². The predicted octanol–water partition coefficient (Wildman–Crippen LogP) is 0.281. The number of hydrogen-bond donors (Lipinski definition) is 2. The molecule has 0 aliphatic heterocycles. The SMILES string of the molecule is CN(C)NC(=O)Cc1ccc(CN)cc1. The van der Waals surface area contributed by atoms with Crippen LogP contribution in [0.3, 0.4) is 0 Å². The molecule has 0 unspecified atom stereocenters. The van der Waals surface area contributed by atoms with Crippen LogP contribution in [-0.4, -0.2) is 25.0 Å². The maximum atomic E-state index is 11.4. The van der Waals surface area contributed by atoms with E-state index in [-0.39, 0.29) is 5.91 Å². The minimum absolute atomic E-state index is 0.0134. The Morgan fingerprint density at radius 3 is 2.27 bits per heavy atom. The van der Waals surface area contributed by atoms with Crippen molar-refractivity contribution in [3.8, 4) is 0 Å². The number of nitrogens with two attached hydrogens (primary N) is 1. The van der Waals surface area contributed by atoms with Gasteiger partial charge in [0.2, 0.25) is 5.91 Å². The Kier molecular flexibility index (Phi) is 4.27. The summed E-state index contributed by atoms with van der Waals surface area (Å²) in [6, 6.07) is 7.74. The number of amides is 1. The van der Waals surface area contributed by atoms with Crippen molar-refractivity contribution in [2.45, 2.75) is 13.0 Å². The molecule has 0 aliphatic carbocycles. The van der Waals surface area contributed by atoms with Crippen molar-refractivity contribution in [3.63, 3.8) is 0 Å². The second kappa shape index (κ2) is 5.48. The number of hydrazine groups is 1. The number of nitrogens with one attached hydrogen (secondary N) is 1. The van der Waals surface area contributed by atoms with Crippen LogP contribution in [0.2, 0.25) is 0 Å². The van der Waals surface area contributed by atoms with Gasteiger partial charge >= 0.3 is 0 Å². The highest BCUT2D eigenvalue weighted by atomic mass is 16.2. The molecule has 0 bridgehead atoms. The van der Waals surface area contributed by atoms with E-state index >= 15 is 0 Å². The van der Waals surface area contributed by atoms with Gasteiger partial charge in [-0.05, 0) is 11.1 Å². The van der Waals surface area contributed by atoms with Gasteiger partial charge in [0.05, 0.1) is 6.42 Å². The van der Waals surface area contributed by atoms with Gasteiger partial charge < -0.3 is 5.73 Å². The van der Waals surface area contributed by atoms with Gasteiger partial charge in [-0.1, -0.05) is 24.3 Å². The van der Waals surface area contributed by atoms with E-state index in [1.165, 1.54) is 0 Å². The van der Waals surface area contributed by atoms with Gasteiger partial charge in [-0.3, -0.25) is 10.2 Å². The fraction of sp³-hybridized carbons (Fsp3) is 0.364. The molecule has 0 saturated carbocycles. The molecule has 0 fully saturated rings. The molecule has 15 heavy (non-hydrogen) atoms. The van der Waals surface area contributed by atoms with Crippen LogP contribution in [0.15, 0.2) is 24.3 Å². The maximum absolute atomic E-state index is 11.4. The lowest BCUT2D eigenvalue weighted by atomic mass is 10.1. The zero-order valence-corrected chi connectivity index (χ0v) is 9.16. The fourth-order valence-corrected chi connectivity index (χ4v) is 1.27. The molecule has 0 radical (unpaired) electrons. The van der Waals surface area contributed by atoms with Crippen LogP contribution in [0.4, 0.5) is 0 Å². The molecular formula is C11H17N3O. The summed E-state index contributed by atoms with van der Waals surface area (Å²) >= 11 is 0. The molecule has 0 aliphatic rings. The van der Waals surface area contributed by atoms with Crippen LogP contribution < -0.4 is 11.2 Å². The van der Waals surface area contributed by atoms with Crippen LogP contribution in [0.5, 0.6) is 0 Å². The van der Waals surface area contributed by atoms with Crippen molar-refractivity contribution >= 4 is 5.91 Å². The summed E-state index contributed by atoms with van der Waals surface area (Å²) in [6.45, 7) is 0.532. The first-order valence-electron chi connectivity index (χ1n) is 4.86. The zero-order valence-electron chi connectivity index (χ0n) is 9.16. The van der Waals surface area contributed by atoms with Gasteiger partial charge in [-0.25, -0.2) is 5.01 Å². The average Bonchev–Trinajstić information content (AvgIpc) is 2.17. The molecule has 1 aromatic rings. The van der Waals surface area contributed by atoms with Gasteiger partial charge in [0.25, 0.3) is 0 Å². The van der Waals surface area contributed by atoms with E-state index in [2.05, 4.69) is 5.43 Å². The Morgan fingerprint density at radius 2 is 1.80 bits per heavy atom. The van der Waals surface area contributed by atoms with E-state index in [0.29, 0.717) is 13.0 Å². The number of hydrogen-bond acceptors (Lipinski definition) is 3. The molecule has 4 heteroatoms. The van der Waals surface area contributed by atoms with Crippen molar-refractivity contribution < 1.29 is 4.79 Å². The van der Waals surface area contributed by atoms with Gasteiger partial charge in [-0.15, -0.1) is 0 Å². The molecule has 0 spiro atoms. The quantitative estimate of drug-likeness (QED) is 0.697. The molecule has 1 amide bonds. The number of nitrogens with zero attached hydrogens (tertiary/aromatic N) is 1. The summed E-state index contributed by atoms with van der Waals surface area (Å²) in [6.07, 6.45) is 0.392. The molecule has 0 atom stereocenters. The highest BCUT2D eigenvalue weighted by Gasteiger charge is 2.03. The summed E-state index contributed by atoms with van der Waals surface area (Å²) in [5.74, 6) is -0.0134. The first-order chi connectivity index (χ1) is 7.11. The van der Waals surface area contributed by atoms with Crippen molar-refractivity contribution in [2.75, 3.05) is 14.1 Å². The van der Waals surface area contributed by atoms with Gasteiger partial charge in [-0.2, -0.15) is 0 Å². The lowest BCUT2D eigenvalue weighted by molar-refractivity contribution is -0.124. The molecular weight excluding hydrogens is 190 g/mol. The van der Waals surface area contributed by atoms with Crippen molar-refractivity contribution in [2.24, 2.45) is 5.73 Å². The molecule has 1 rings (SSSR count). The van der Waals surface area contributed by atoms with Crippen molar-refractivity contribution in [3.05, 3.63) is 35.4 Å². The minimum Gasteiger partial charge on any atom is -0.326 e. The third-order valence-electron chi connectivity index (χ3n) is 1.97. The number of carbonyl (C=O) groups excluding carboxylic acids is 1. The molecule has 0 saturated heterocycles. The Hall–Kier alpha value is -1.39. The highest BCUT2D eigenvalue weighted by Crippen LogP contribution is 2.04. The Labute approximate surface area is 90.0 Å². The van der Waals surface area contributed by atoms with Crippen LogP contribution in [0.25, 0.3) is 0 Å². The predicted molar refractivity (Wildman–Crippen MR) is 59.9 cm³/mol. The number of carbonyl (C=O) groups is 1. The standard InChI is InChI=1S/C11H17N3O/c1-14(2)13-11(15)7-9-3-5-10(8-12)6-4-9/h3-6H,7-8,12H2,1-2H3,(H,13,15). The Balaban J connectivity index is 2.53. The largest absolute Gasteiger partial charge is 0.326 e. The molecule has 3 N–H and O–H groups in total. The molecule has 82 valence electrons. The van der Waals surface area contributed by atoms with E-state index in [1.807, 2.05) is 24.3 Å². The number of benzene rings is 1. The van der Waals surface area contributed by atoms with E-state index in [1.54, 1.807) is 19.1 Å². The van der Waals surface area contributed by atoms with E-state index < -0.39 is 0 Å². The van der Waals surface area contributed by atoms with E-state index in [9.17, 15) is 4.79 Å². The van der Waals surface area contributed by atoms with Gasteiger partial charge in [0.1, 0.15) is 0 Å². The summed E-state index contributed by atoms with van der Waals surface area (Å²) in [5, 5.41) is 1.64.